The Morgan fingerprint density at radius 1 is 0.704 bits per heavy atom. The molecule has 0 bridgehead atoms. The largest absolute Gasteiger partial charge is 0.376 e. The molecule has 0 aliphatic heterocycles. The predicted octanol–water partition coefficient (Wildman–Crippen LogP) is 5.98. The van der Waals surface area contributed by atoms with E-state index >= 15 is 0 Å². The van der Waals surface area contributed by atoms with Gasteiger partial charge in [-0.3, -0.25) is 0 Å². The zero-order chi connectivity index (χ0) is 18.4. The molecular formula is C26H18O. The summed E-state index contributed by atoms with van der Waals surface area (Å²) in [5.74, 6) is 6.11. The van der Waals surface area contributed by atoms with Crippen molar-refractivity contribution in [3.8, 4) is 11.8 Å². The molecular weight excluding hydrogens is 328 g/mol. The maximum Gasteiger partial charge on any atom is 0.141 e. The van der Waals surface area contributed by atoms with Gasteiger partial charge in [-0.15, -0.1) is 0 Å². The Kier molecular flexibility index (Phi) is 3.60. The van der Waals surface area contributed by atoms with Gasteiger partial charge in [-0.05, 0) is 51.4 Å². The van der Waals surface area contributed by atoms with Crippen molar-refractivity contribution in [3.63, 3.8) is 0 Å². The standard InChI is InChI=1S/C26H18O/c1-17-5-7-18(8-6-17)9-16-24(27)22-14-12-21-11-10-19-3-2-4-20-13-15-23(22)26(21)25(19)20/h2-8,10-15,24,27H,1H3. The first kappa shape index (κ1) is 15.9. The van der Waals surface area contributed by atoms with E-state index in [0.717, 1.165) is 16.5 Å². The van der Waals surface area contributed by atoms with Crippen molar-refractivity contribution in [3.05, 3.63) is 95.6 Å². The second-order valence-corrected chi connectivity index (χ2v) is 7.05. The molecule has 0 heterocycles. The molecule has 27 heavy (non-hydrogen) atoms. The normalized spacial score (nSPS) is 12.4. The summed E-state index contributed by atoms with van der Waals surface area (Å²) in [7, 11) is 0. The van der Waals surface area contributed by atoms with Crippen LogP contribution in [0, 0.1) is 18.8 Å². The number of hydrogen-bond acceptors (Lipinski definition) is 1. The van der Waals surface area contributed by atoms with Gasteiger partial charge < -0.3 is 5.11 Å². The molecule has 1 atom stereocenters. The molecule has 5 rings (SSSR count). The molecule has 1 N–H and O–H groups in total. The average molecular weight is 346 g/mol. The zero-order valence-electron chi connectivity index (χ0n) is 15.0. The van der Waals surface area contributed by atoms with E-state index in [1.165, 1.54) is 32.5 Å². The van der Waals surface area contributed by atoms with Crippen LogP contribution in [-0.2, 0) is 0 Å². The van der Waals surface area contributed by atoms with E-state index in [-0.39, 0.29) is 0 Å². The lowest BCUT2D eigenvalue weighted by Crippen LogP contribution is -1.96. The molecule has 0 aliphatic carbocycles. The summed E-state index contributed by atoms with van der Waals surface area (Å²) < 4.78 is 0. The van der Waals surface area contributed by atoms with Gasteiger partial charge in [0.1, 0.15) is 6.10 Å². The number of aliphatic hydroxyl groups excluding tert-OH is 1. The topological polar surface area (TPSA) is 20.2 Å². The Hall–Kier alpha value is -3.34. The zero-order valence-corrected chi connectivity index (χ0v) is 15.0. The van der Waals surface area contributed by atoms with Crippen molar-refractivity contribution in [1.29, 1.82) is 0 Å². The average Bonchev–Trinajstić information content (AvgIpc) is 2.71. The second-order valence-electron chi connectivity index (χ2n) is 7.05. The Balaban J connectivity index is 1.68. The smallest absolute Gasteiger partial charge is 0.141 e. The Labute approximate surface area is 158 Å². The molecule has 1 unspecified atom stereocenters. The van der Waals surface area contributed by atoms with Gasteiger partial charge in [0, 0.05) is 11.1 Å². The molecule has 1 heteroatoms. The molecule has 1 nitrogen and oxygen atoms in total. The van der Waals surface area contributed by atoms with Crippen LogP contribution in [0.2, 0.25) is 0 Å². The van der Waals surface area contributed by atoms with Crippen molar-refractivity contribution in [2.75, 3.05) is 0 Å². The highest BCUT2D eigenvalue weighted by molar-refractivity contribution is 6.23. The van der Waals surface area contributed by atoms with Gasteiger partial charge in [0.15, 0.2) is 0 Å². The summed E-state index contributed by atoms with van der Waals surface area (Å²) in [5, 5.41) is 18.0. The van der Waals surface area contributed by atoms with Gasteiger partial charge in [-0.25, -0.2) is 0 Å². The second kappa shape index (κ2) is 6.13. The lowest BCUT2D eigenvalue weighted by molar-refractivity contribution is 0.240. The van der Waals surface area contributed by atoms with Crippen LogP contribution >= 0.6 is 0 Å². The minimum Gasteiger partial charge on any atom is -0.376 e. The summed E-state index contributed by atoms with van der Waals surface area (Å²) in [5.41, 5.74) is 2.98. The number of benzene rings is 5. The van der Waals surface area contributed by atoms with E-state index < -0.39 is 6.10 Å². The first-order valence-electron chi connectivity index (χ1n) is 9.13. The van der Waals surface area contributed by atoms with Crippen LogP contribution < -0.4 is 0 Å². The van der Waals surface area contributed by atoms with E-state index in [4.69, 9.17) is 0 Å². The lowest BCUT2D eigenvalue weighted by atomic mass is 9.90. The van der Waals surface area contributed by atoms with Crippen LogP contribution in [0.1, 0.15) is 22.8 Å². The maximum absolute atomic E-state index is 10.8. The van der Waals surface area contributed by atoms with Crippen molar-refractivity contribution >= 4 is 32.3 Å². The molecule has 5 aromatic rings. The monoisotopic (exact) mass is 346 g/mol. The molecule has 5 aromatic carbocycles. The van der Waals surface area contributed by atoms with E-state index in [1.54, 1.807) is 0 Å². The minimum absolute atomic E-state index is 0.823. The highest BCUT2D eigenvalue weighted by atomic mass is 16.3. The van der Waals surface area contributed by atoms with Crippen LogP contribution in [0.3, 0.4) is 0 Å². The van der Waals surface area contributed by atoms with Crippen LogP contribution in [0.15, 0.2) is 78.9 Å². The molecule has 0 amide bonds. The van der Waals surface area contributed by atoms with Crippen LogP contribution in [0.25, 0.3) is 32.3 Å². The molecule has 0 fully saturated rings. The van der Waals surface area contributed by atoms with E-state index in [2.05, 4.69) is 67.3 Å². The van der Waals surface area contributed by atoms with Gasteiger partial charge in [-0.2, -0.15) is 0 Å². The quantitative estimate of drug-likeness (QED) is 0.292. The fourth-order valence-electron chi connectivity index (χ4n) is 3.86. The maximum atomic E-state index is 10.8. The molecule has 0 aromatic heterocycles. The van der Waals surface area contributed by atoms with Crippen LogP contribution in [0.5, 0.6) is 0 Å². The first-order valence-corrected chi connectivity index (χ1v) is 9.13. The number of aliphatic hydroxyl groups is 1. The van der Waals surface area contributed by atoms with E-state index in [0.29, 0.717) is 0 Å². The number of rotatable bonds is 1. The SMILES string of the molecule is Cc1ccc(C#CC(O)c2ccc3ccc4cccc5ccc2c3c45)cc1. The Bertz CT molecular complexity index is 1320. The van der Waals surface area contributed by atoms with Gasteiger partial charge in [0.25, 0.3) is 0 Å². The lowest BCUT2D eigenvalue weighted by Gasteiger charge is -2.14. The molecule has 0 saturated carbocycles. The van der Waals surface area contributed by atoms with Crippen molar-refractivity contribution in [2.24, 2.45) is 0 Å². The molecule has 128 valence electrons. The van der Waals surface area contributed by atoms with Crippen LogP contribution in [0.4, 0.5) is 0 Å². The molecule has 0 radical (unpaired) electrons. The summed E-state index contributed by atoms with van der Waals surface area (Å²) >= 11 is 0. The summed E-state index contributed by atoms with van der Waals surface area (Å²) in [6.07, 6.45) is -0.823. The van der Waals surface area contributed by atoms with E-state index in [1.807, 2.05) is 30.3 Å². The predicted molar refractivity (Wildman–Crippen MR) is 113 cm³/mol. The highest BCUT2D eigenvalue weighted by Crippen LogP contribution is 2.37. The van der Waals surface area contributed by atoms with Crippen LogP contribution in [-0.4, -0.2) is 5.11 Å². The summed E-state index contributed by atoms with van der Waals surface area (Å²) in [6.45, 7) is 2.05. The van der Waals surface area contributed by atoms with Gasteiger partial charge in [0.2, 0.25) is 0 Å². The molecule has 0 spiro atoms. The first-order chi connectivity index (χ1) is 13.2. The third-order valence-corrected chi connectivity index (χ3v) is 5.26. The van der Waals surface area contributed by atoms with Crippen molar-refractivity contribution < 1.29 is 5.11 Å². The van der Waals surface area contributed by atoms with Crippen molar-refractivity contribution in [1.82, 2.24) is 0 Å². The minimum atomic E-state index is -0.823. The summed E-state index contributed by atoms with van der Waals surface area (Å²) in [4.78, 5) is 0. The third-order valence-electron chi connectivity index (χ3n) is 5.26. The fraction of sp³-hybridized carbons (Fsp3) is 0.0769. The van der Waals surface area contributed by atoms with Gasteiger partial charge in [0.05, 0.1) is 0 Å². The molecule has 0 saturated heterocycles. The van der Waals surface area contributed by atoms with Gasteiger partial charge in [-0.1, -0.05) is 84.1 Å². The Morgan fingerprint density at radius 3 is 2.07 bits per heavy atom. The summed E-state index contributed by atoms with van der Waals surface area (Å²) in [6, 6.07) is 27.0. The highest BCUT2D eigenvalue weighted by Gasteiger charge is 2.14. The van der Waals surface area contributed by atoms with Crippen molar-refractivity contribution in [2.45, 2.75) is 13.0 Å². The fourth-order valence-corrected chi connectivity index (χ4v) is 3.86. The number of aryl methyl sites for hydroxylation is 1. The third kappa shape index (κ3) is 2.63. The van der Waals surface area contributed by atoms with Gasteiger partial charge >= 0.3 is 0 Å². The van der Waals surface area contributed by atoms with E-state index in [9.17, 15) is 5.11 Å². The number of hydrogen-bond donors (Lipinski definition) is 1. The molecule has 0 aliphatic rings. The Morgan fingerprint density at radius 2 is 1.33 bits per heavy atom.